The van der Waals surface area contributed by atoms with Crippen molar-refractivity contribution in [3.63, 3.8) is 0 Å². The molecule has 7 rings (SSSR count). The number of aromatic nitrogens is 1. The van der Waals surface area contributed by atoms with E-state index in [1.165, 1.54) is 53.9 Å². The molecule has 0 bridgehead atoms. The van der Waals surface area contributed by atoms with Crippen LogP contribution in [0, 0.1) is 0 Å². The van der Waals surface area contributed by atoms with Crippen LogP contribution in [-0.4, -0.2) is 4.98 Å². The minimum Gasteiger partial charge on any atom is -0.246 e. The predicted octanol–water partition coefficient (Wildman–Crippen LogP) is 7.44. The first-order valence-corrected chi connectivity index (χ1v) is 9.66. The van der Waals surface area contributed by atoms with Gasteiger partial charge in [0.1, 0.15) is 0 Å². The summed E-state index contributed by atoms with van der Waals surface area (Å²) in [5, 5.41) is 12.6. The van der Waals surface area contributed by atoms with Crippen LogP contribution >= 0.6 is 0 Å². The van der Waals surface area contributed by atoms with Crippen molar-refractivity contribution < 1.29 is 0 Å². The third-order valence-electron chi connectivity index (χ3n) is 6.11. The van der Waals surface area contributed by atoms with Crippen molar-refractivity contribution in [3.8, 4) is 0 Å². The quantitative estimate of drug-likeness (QED) is 0.204. The monoisotopic (exact) mass is 353 g/mol. The molecular weight excluding hydrogens is 338 g/mol. The van der Waals surface area contributed by atoms with E-state index in [-0.39, 0.29) is 0 Å². The van der Waals surface area contributed by atoms with Gasteiger partial charge in [0.05, 0.1) is 11.0 Å². The molecule has 1 aromatic heterocycles. The molecule has 28 heavy (non-hydrogen) atoms. The van der Waals surface area contributed by atoms with Gasteiger partial charge >= 0.3 is 0 Å². The zero-order valence-corrected chi connectivity index (χ0v) is 15.1. The number of pyridine rings is 1. The van der Waals surface area contributed by atoms with Crippen LogP contribution in [0.3, 0.4) is 0 Å². The second-order valence-corrected chi connectivity index (χ2v) is 7.65. The van der Waals surface area contributed by atoms with Crippen LogP contribution in [0.15, 0.2) is 91.0 Å². The molecule has 0 aliphatic rings. The Bertz CT molecular complexity index is 1690. The van der Waals surface area contributed by atoms with Gasteiger partial charge in [-0.2, -0.15) is 0 Å². The second-order valence-electron chi connectivity index (χ2n) is 7.65. The summed E-state index contributed by atoms with van der Waals surface area (Å²) in [5.74, 6) is 0. The molecule has 0 saturated heterocycles. The lowest BCUT2D eigenvalue weighted by molar-refractivity contribution is 1.54. The zero-order valence-electron chi connectivity index (χ0n) is 15.1. The highest BCUT2D eigenvalue weighted by molar-refractivity contribution is 6.29. The van der Waals surface area contributed by atoms with E-state index in [1.807, 2.05) is 0 Å². The van der Waals surface area contributed by atoms with Gasteiger partial charge in [0.2, 0.25) is 0 Å². The van der Waals surface area contributed by atoms with Crippen molar-refractivity contribution in [2.75, 3.05) is 0 Å². The molecule has 1 heteroatoms. The van der Waals surface area contributed by atoms with Gasteiger partial charge in [0.15, 0.2) is 0 Å². The fraction of sp³-hybridized carbons (Fsp3) is 0. The highest BCUT2D eigenvalue weighted by Gasteiger charge is 2.13. The number of hydrogen-bond acceptors (Lipinski definition) is 1. The topological polar surface area (TPSA) is 12.9 Å². The first-order chi connectivity index (χ1) is 13.9. The van der Waals surface area contributed by atoms with Gasteiger partial charge in [-0.15, -0.1) is 0 Å². The van der Waals surface area contributed by atoms with E-state index in [0.29, 0.717) is 0 Å². The summed E-state index contributed by atoms with van der Waals surface area (Å²) in [4.78, 5) is 5.21. The molecule has 6 aromatic carbocycles. The predicted molar refractivity (Wildman–Crippen MR) is 120 cm³/mol. The van der Waals surface area contributed by atoms with Gasteiger partial charge in [-0.1, -0.05) is 78.9 Å². The Morgan fingerprint density at radius 2 is 1.04 bits per heavy atom. The van der Waals surface area contributed by atoms with Crippen molar-refractivity contribution in [2.24, 2.45) is 0 Å². The van der Waals surface area contributed by atoms with E-state index in [9.17, 15) is 0 Å². The van der Waals surface area contributed by atoms with Crippen LogP contribution < -0.4 is 0 Å². The van der Waals surface area contributed by atoms with Crippen molar-refractivity contribution in [3.05, 3.63) is 91.0 Å². The molecule has 0 amide bonds. The van der Waals surface area contributed by atoms with Gasteiger partial charge < -0.3 is 0 Å². The Balaban J connectivity index is 1.77. The van der Waals surface area contributed by atoms with Crippen LogP contribution in [0.2, 0.25) is 0 Å². The molecule has 0 atom stereocenters. The molecule has 0 radical (unpaired) electrons. The van der Waals surface area contributed by atoms with Gasteiger partial charge in [-0.25, -0.2) is 4.98 Å². The molecule has 1 heterocycles. The average molecular weight is 353 g/mol. The Morgan fingerprint density at radius 1 is 0.393 bits per heavy atom. The van der Waals surface area contributed by atoms with E-state index in [2.05, 4.69) is 91.0 Å². The molecule has 1 nitrogen and oxygen atoms in total. The Morgan fingerprint density at radius 3 is 1.96 bits per heavy atom. The van der Waals surface area contributed by atoms with Crippen molar-refractivity contribution in [2.45, 2.75) is 0 Å². The van der Waals surface area contributed by atoms with Crippen LogP contribution in [0.5, 0.6) is 0 Å². The van der Waals surface area contributed by atoms with E-state index in [0.717, 1.165) is 11.0 Å². The largest absolute Gasteiger partial charge is 0.246 e. The molecule has 7 aromatic rings. The molecule has 0 spiro atoms. The first kappa shape index (κ1) is 14.4. The van der Waals surface area contributed by atoms with Gasteiger partial charge in [0, 0.05) is 21.5 Å². The number of hydrogen-bond donors (Lipinski definition) is 0. The standard InChI is InChI=1S/C27H15N/c1-2-7-22-16(4-1)8-11-20-15-21-14-19-10-9-17-5-3-6-18-12-13-23(25(19)24(17)18)27(21)28-26(20)22/h1-15H. The lowest BCUT2D eigenvalue weighted by Gasteiger charge is -2.13. The SMILES string of the molecule is c1ccc2c(c1)ccc1cc3cc4ccc5cccc6ccc(c3nc12)c4c56. The normalized spacial score (nSPS) is 12.3. The van der Waals surface area contributed by atoms with Crippen molar-refractivity contribution in [1.29, 1.82) is 0 Å². The number of benzene rings is 6. The third-order valence-corrected chi connectivity index (χ3v) is 6.11. The highest BCUT2D eigenvalue weighted by Crippen LogP contribution is 2.39. The Labute approximate surface area is 161 Å². The maximum atomic E-state index is 5.21. The highest BCUT2D eigenvalue weighted by atomic mass is 14.7. The molecule has 0 aliphatic carbocycles. The molecule has 128 valence electrons. The van der Waals surface area contributed by atoms with E-state index in [4.69, 9.17) is 4.98 Å². The summed E-state index contributed by atoms with van der Waals surface area (Å²) >= 11 is 0. The molecule has 0 saturated carbocycles. The van der Waals surface area contributed by atoms with E-state index >= 15 is 0 Å². The molecular formula is C27H15N. The third kappa shape index (κ3) is 1.74. The molecule has 0 aliphatic heterocycles. The summed E-state index contributed by atoms with van der Waals surface area (Å²) in [6.07, 6.45) is 0. The van der Waals surface area contributed by atoms with Crippen LogP contribution in [-0.2, 0) is 0 Å². The Hall–Kier alpha value is -3.71. The van der Waals surface area contributed by atoms with E-state index in [1.54, 1.807) is 0 Å². The van der Waals surface area contributed by atoms with Crippen molar-refractivity contribution in [1.82, 2.24) is 4.98 Å². The summed E-state index contributed by atoms with van der Waals surface area (Å²) in [5.41, 5.74) is 2.18. The van der Waals surface area contributed by atoms with Gasteiger partial charge in [-0.05, 0) is 44.5 Å². The smallest absolute Gasteiger partial charge is 0.0788 e. The maximum Gasteiger partial charge on any atom is 0.0788 e. The zero-order chi connectivity index (χ0) is 18.2. The summed E-state index contributed by atoms with van der Waals surface area (Å²) in [7, 11) is 0. The summed E-state index contributed by atoms with van der Waals surface area (Å²) in [6, 6.07) is 33.0. The maximum absolute atomic E-state index is 5.21. The lowest BCUT2D eigenvalue weighted by atomic mass is 9.92. The fourth-order valence-electron chi connectivity index (χ4n) is 4.85. The number of fused-ring (bicyclic) bond motifs is 5. The molecule has 0 fully saturated rings. The van der Waals surface area contributed by atoms with Crippen LogP contribution in [0.25, 0.3) is 64.9 Å². The van der Waals surface area contributed by atoms with Gasteiger partial charge in [-0.3, -0.25) is 0 Å². The van der Waals surface area contributed by atoms with E-state index < -0.39 is 0 Å². The fourth-order valence-corrected chi connectivity index (χ4v) is 4.85. The van der Waals surface area contributed by atoms with Crippen LogP contribution in [0.4, 0.5) is 0 Å². The first-order valence-electron chi connectivity index (χ1n) is 9.66. The lowest BCUT2D eigenvalue weighted by Crippen LogP contribution is -1.89. The molecule has 0 unspecified atom stereocenters. The minimum absolute atomic E-state index is 1.08. The van der Waals surface area contributed by atoms with Crippen LogP contribution in [0.1, 0.15) is 0 Å². The summed E-state index contributed by atoms with van der Waals surface area (Å²) < 4.78 is 0. The number of nitrogens with zero attached hydrogens (tertiary/aromatic N) is 1. The Kier molecular flexibility index (Phi) is 2.54. The second kappa shape index (κ2) is 4.96. The van der Waals surface area contributed by atoms with Gasteiger partial charge in [0.25, 0.3) is 0 Å². The van der Waals surface area contributed by atoms with Crippen molar-refractivity contribution >= 4 is 64.9 Å². The average Bonchev–Trinajstić information content (AvgIpc) is 2.76. The molecule has 0 N–H and O–H groups in total. The summed E-state index contributed by atoms with van der Waals surface area (Å²) in [6.45, 7) is 0. The minimum atomic E-state index is 1.08. The number of rotatable bonds is 0.